The van der Waals surface area contributed by atoms with Crippen LogP contribution in [0.1, 0.15) is 44.3 Å². The molecule has 1 unspecified atom stereocenters. The fourth-order valence-electron chi connectivity index (χ4n) is 2.79. The van der Waals surface area contributed by atoms with Crippen molar-refractivity contribution >= 4 is 23.0 Å². The number of pyridine rings is 1. The zero-order chi connectivity index (χ0) is 20.9. The fraction of sp³-hybridized carbons (Fsp3) is 0.562. The highest BCUT2D eigenvalue weighted by atomic mass is 19.4. The van der Waals surface area contributed by atoms with E-state index in [1.165, 1.54) is 4.57 Å². The fourth-order valence-corrected chi connectivity index (χ4v) is 2.79. The summed E-state index contributed by atoms with van der Waals surface area (Å²) in [6, 6.07) is 1.54. The summed E-state index contributed by atoms with van der Waals surface area (Å²) < 4.78 is 78.5. The summed E-state index contributed by atoms with van der Waals surface area (Å²) in [6.45, 7) is 0.457. The molecule has 6 nitrogen and oxygen atoms in total. The average molecular weight is 410 g/mol. The van der Waals surface area contributed by atoms with Crippen LogP contribution in [-0.2, 0) is 11.0 Å². The van der Waals surface area contributed by atoms with Gasteiger partial charge in [-0.15, -0.1) is 0 Å². The van der Waals surface area contributed by atoms with Crippen LogP contribution in [-0.4, -0.2) is 37.3 Å². The lowest BCUT2D eigenvalue weighted by Gasteiger charge is -2.29. The number of nitrogens with zero attached hydrogens (tertiary/aromatic N) is 3. The Kier molecular flexibility index (Phi) is 4.80. The van der Waals surface area contributed by atoms with E-state index in [9.17, 15) is 36.2 Å². The van der Waals surface area contributed by atoms with E-state index in [1.807, 2.05) is 0 Å². The Labute approximate surface area is 154 Å². The third-order valence-corrected chi connectivity index (χ3v) is 4.63. The molecule has 1 aliphatic rings. The van der Waals surface area contributed by atoms with Crippen molar-refractivity contribution in [3.05, 3.63) is 17.8 Å². The number of rotatable bonds is 4. The summed E-state index contributed by atoms with van der Waals surface area (Å²) in [7, 11) is 0. The van der Waals surface area contributed by atoms with E-state index >= 15 is 0 Å². The maximum absolute atomic E-state index is 13.0. The monoisotopic (exact) mass is 410 g/mol. The Hall–Kier alpha value is -2.37. The van der Waals surface area contributed by atoms with Gasteiger partial charge < -0.3 is 5.11 Å². The first-order valence-corrected chi connectivity index (χ1v) is 8.35. The topological polar surface area (TPSA) is 80.0 Å². The van der Waals surface area contributed by atoms with E-state index in [0.717, 1.165) is 18.6 Å². The molecule has 2 heterocycles. The number of nitrogens with one attached hydrogen (secondary N) is 1. The smallest absolute Gasteiger partial charge is 0.380 e. The van der Waals surface area contributed by atoms with E-state index < -0.39 is 36.0 Å². The van der Waals surface area contributed by atoms with Gasteiger partial charge in [-0.2, -0.15) is 26.3 Å². The lowest BCUT2D eigenvalue weighted by molar-refractivity contribution is -0.252. The molecule has 28 heavy (non-hydrogen) atoms. The molecule has 0 saturated heterocycles. The van der Waals surface area contributed by atoms with Crippen LogP contribution in [0, 0.1) is 0 Å². The second-order valence-electron chi connectivity index (χ2n) is 6.92. The van der Waals surface area contributed by atoms with Crippen LogP contribution in [0.2, 0.25) is 0 Å². The van der Waals surface area contributed by atoms with Crippen LogP contribution >= 0.6 is 0 Å². The zero-order valence-corrected chi connectivity index (χ0v) is 14.5. The molecule has 0 spiro atoms. The van der Waals surface area contributed by atoms with Crippen molar-refractivity contribution in [1.29, 1.82) is 0 Å². The van der Waals surface area contributed by atoms with Crippen molar-refractivity contribution in [3.8, 4) is 0 Å². The quantitative estimate of drug-likeness (QED) is 0.752. The minimum Gasteiger partial charge on any atom is -0.380 e. The first-order chi connectivity index (χ1) is 12.8. The number of imidazole rings is 1. The van der Waals surface area contributed by atoms with Crippen LogP contribution in [0.15, 0.2) is 12.1 Å². The van der Waals surface area contributed by atoms with Gasteiger partial charge in [-0.05, 0) is 38.3 Å². The number of anilines is 1. The number of amides is 1. The molecule has 12 heteroatoms. The maximum atomic E-state index is 13.0. The molecule has 2 aromatic heterocycles. The van der Waals surface area contributed by atoms with Gasteiger partial charge in [0.1, 0.15) is 11.2 Å². The minimum absolute atomic E-state index is 0.0674. The molecular formula is C16H16F6N4O2. The Bertz CT molecular complexity index is 899. The highest BCUT2D eigenvalue weighted by molar-refractivity contribution is 5.91. The van der Waals surface area contributed by atoms with E-state index in [0.29, 0.717) is 19.8 Å². The molecule has 0 aromatic carbocycles. The number of hydrogen-bond acceptors (Lipinski definition) is 4. The van der Waals surface area contributed by atoms with Crippen molar-refractivity contribution in [1.82, 2.24) is 14.5 Å². The van der Waals surface area contributed by atoms with Gasteiger partial charge in [0.2, 0.25) is 11.9 Å². The van der Waals surface area contributed by atoms with Crippen molar-refractivity contribution in [2.75, 3.05) is 5.32 Å². The summed E-state index contributed by atoms with van der Waals surface area (Å²) in [5, 5.41) is 11.6. The maximum Gasteiger partial charge on any atom is 0.433 e. The van der Waals surface area contributed by atoms with E-state index in [4.69, 9.17) is 0 Å². The molecule has 1 atom stereocenters. The Morgan fingerprint density at radius 3 is 2.36 bits per heavy atom. The summed E-state index contributed by atoms with van der Waals surface area (Å²) in [4.78, 5) is 19.6. The average Bonchev–Trinajstić information content (AvgIpc) is 2.80. The van der Waals surface area contributed by atoms with E-state index in [-0.39, 0.29) is 23.2 Å². The number of aliphatic hydroxyl groups is 1. The zero-order valence-electron chi connectivity index (χ0n) is 14.5. The van der Waals surface area contributed by atoms with Crippen LogP contribution in [0.3, 0.4) is 0 Å². The van der Waals surface area contributed by atoms with Gasteiger partial charge in [0.15, 0.2) is 11.2 Å². The van der Waals surface area contributed by atoms with E-state index in [2.05, 4.69) is 15.3 Å². The molecular weight excluding hydrogens is 394 g/mol. The van der Waals surface area contributed by atoms with Crippen LogP contribution in [0.4, 0.5) is 32.3 Å². The Morgan fingerprint density at radius 1 is 1.21 bits per heavy atom. The lowest BCUT2D eigenvalue weighted by atomic mass is 9.93. The molecule has 2 N–H and O–H groups in total. The molecule has 1 fully saturated rings. The van der Waals surface area contributed by atoms with Gasteiger partial charge in [-0.3, -0.25) is 14.7 Å². The molecule has 1 aliphatic carbocycles. The molecule has 0 bridgehead atoms. The van der Waals surface area contributed by atoms with Gasteiger partial charge in [-0.1, -0.05) is 0 Å². The molecule has 3 rings (SSSR count). The third kappa shape index (κ3) is 3.77. The normalized spacial score (nSPS) is 18.0. The second-order valence-corrected chi connectivity index (χ2v) is 6.92. The standard InChI is InChI=1S/C16H16F6N4O2/c1-14(28,16(20,21)22)7-11(27)25-13-23-9-5-6-10(15(17,18)19)24-12(9)26(13)8-3-2-4-8/h5-6,8,28H,2-4,7H2,1H3,(H,23,25,27). The van der Waals surface area contributed by atoms with Gasteiger partial charge >= 0.3 is 12.4 Å². The number of fused-ring (bicyclic) bond motifs is 1. The molecule has 1 saturated carbocycles. The Morgan fingerprint density at radius 2 is 1.86 bits per heavy atom. The Balaban J connectivity index is 1.95. The highest BCUT2D eigenvalue weighted by Crippen LogP contribution is 2.38. The molecule has 0 aliphatic heterocycles. The van der Waals surface area contributed by atoms with Crippen molar-refractivity contribution in [2.24, 2.45) is 0 Å². The van der Waals surface area contributed by atoms with Gasteiger partial charge in [0.25, 0.3) is 0 Å². The van der Waals surface area contributed by atoms with Crippen LogP contribution in [0.25, 0.3) is 11.2 Å². The molecule has 1 amide bonds. The lowest BCUT2D eigenvalue weighted by Crippen LogP contribution is -2.45. The number of halogens is 6. The summed E-state index contributed by atoms with van der Waals surface area (Å²) in [6.07, 6.45) is -8.98. The number of alkyl halides is 6. The SMILES string of the molecule is CC(O)(CC(=O)Nc1nc2ccc(C(F)(F)F)nc2n1C1CCC1)C(F)(F)F. The first-order valence-electron chi connectivity index (χ1n) is 8.35. The van der Waals surface area contributed by atoms with Crippen LogP contribution < -0.4 is 5.32 Å². The minimum atomic E-state index is -5.03. The van der Waals surface area contributed by atoms with Gasteiger partial charge in [-0.25, -0.2) is 9.97 Å². The number of carbonyl (C=O) groups excluding carboxylic acids is 1. The van der Waals surface area contributed by atoms with Crippen molar-refractivity contribution in [3.63, 3.8) is 0 Å². The largest absolute Gasteiger partial charge is 0.433 e. The van der Waals surface area contributed by atoms with Crippen molar-refractivity contribution < 1.29 is 36.2 Å². The van der Waals surface area contributed by atoms with Crippen molar-refractivity contribution in [2.45, 2.75) is 56.6 Å². The van der Waals surface area contributed by atoms with Gasteiger partial charge in [0, 0.05) is 6.04 Å². The predicted molar refractivity (Wildman–Crippen MR) is 85.3 cm³/mol. The predicted octanol–water partition coefficient (Wildman–Crippen LogP) is 3.82. The molecule has 154 valence electrons. The number of hydrogen-bond donors (Lipinski definition) is 2. The summed E-state index contributed by atoms with van der Waals surface area (Å²) in [5.41, 5.74) is -4.44. The van der Waals surface area contributed by atoms with Gasteiger partial charge in [0.05, 0.1) is 6.42 Å². The second kappa shape index (κ2) is 6.61. The summed E-state index contributed by atoms with van der Waals surface area (Å²) >= 11 is 0. The first kappa shape index (κ1) is 20.4. The van der Waals surface area contributed by atoms with E-state index in [1.54, 1.807) is 0 Å². The third-order valence-electron chi connectivity index (χ3n) is 4.63. The summed E-state index contributed by atoms with van der Waals surface area (Å²) in [5.74, 6) is -1.37. The number of carbonyl (C=O) groups is 1. The highest BCUT2D eigenvalue weighted by Gasteiger charge is 2.51. The number of aromatic nitrogens is 3. The molecule has 0 radical (unpaired) electrons. The van der Waals surface area contributed by atoms with Crippen LogP contribution in [0.5, 0.6) is 0 Å². The molecule has 2 aromatic rings.